The second kappa shape index (κ2) is 3.70. The first-order chi connectivity index (χ1) is 9.75. The molecule has 5 aliphatic rings. The largest absolute Gasteiger partial charge is 0.0838 e. The lowest BCUT2D eigenvalue weighted by molar-refractivity contribution is 0.0884. The predicted molar refractivity (Wildman–Crippen MR) is 83.3 cm³/mol. The lowest BCUT2D eigenvalue weighted by Gasteiger charge is -2.53. The lowest BCUT2D eigenvalue weighted by Crippen LogP contribution is -2.44. The van der Waals surface area contributed by atoms with Gasteiger partial charge in [0.25, 0.3) is 0 Å². The van der Waals surface area contributed by atoms with Gasteiger partial charge in [0, 0.05) is 5.41 Å². The molecule has 5 rings (SSSR count). The van der Waals surface area contributed by atoms with Crippen LogP contribution in [-0.4, -0.2) is 0 Å². The van der Waals surface area contributed by atoms with Gasteiger partial charge in [-0.05, 0) is 68.6 Å². The third-order valence-corrected chi connectivity index (χ3v) is 7.86. The molecule has 0 aromatic heterocycles. The second-order valence-corrected chi connectivity index (χ2v) is 8.21. The molecule has 5 aliphatic carbocycles. The van der Waals surface area contributed by atoms with Gasteiger partial charge in [-0.3, -0.25) is 0 Å². The van der Waals surface area contributed by atoms with Crippen LogP contribution in [0.2, 0.25) is 0 Å². The molecule has 0 saturated heterocycles. The molecule has 0 aliphatic heterocycles. The van der Waals surface area contributed by atoms with Crippen molar-refractivity contribution in [3.63, 3.8) is 0 Å². The Labute approximate surface area is 123 Å². The Morgan fingerprint density at radius 1 is 1.00 bits per heavy atom. The summed E-state index contributed by atoms with van der Waals surface area (Å²) in [6, 6.07) is 0. The molecule has 0 nitrogen and oxygen atoms in total. The average Bonchev–Trinajstić information content (AvgIpc) is 2.96. The Morgan fingerprint density at radius 3 is 2.80 bits per heavy atom. The number of fused-ring (bicyclic) bond motifs is 3. The molecule has 0 radical (unpaired) electrons. The van der Waals surface area contributed by atoms with E-state index in [9.17, 15) is 0 Å². The van der Waals surface area contributed by atoms with E-state index in [-0.39, 0.29) is 0 Å². The highest BCUT2D eigenvalue weighted by atomic mass is 14.7. The summed E-state index contributed by atoms with van der Waals surface area (Å²) in [5, 5.41) is 0. The molecule has 3 fully saturated rings. The molecular formula is C20H26. The summed E-state index contributed by atoms with van der Waals surface area (Å²) in [4.78, 5) is 0. The molecule has 0 amide bonds. The maximum atomic E-state index is 2.62. The third-order valence-electron chi connectivity index (χ3n) is 7.86. The first kappa shape index (κ1) is 11.8. The standard InChI is InChI=1S/C20H26/c1-19-11-10-17-16-5-3-2-4-14(16)6-7-18(17)20(19)12-8-15(19)9-13-20/h6-8,16-17H,2-5,9-13H2,1H3/t16-,17+,19+,20+/m0/s1. The molecule has 0 aromatic carbocycles. The Hall–Kier alpha value is -0.780. The summed E-state index contributed by atoms with van der Waals surface area (Å²) in [7, 11) is 0. The van der Waals surface area contributed by atoms with E-state index < -0.39 is 0 Å². The molecule has 0 heteroatoms. The van der Waals surface area contributed by atoms with Crippen molar-refractivity contribution in [3.8, 4) is 0 Å². The molecule has 106 valence electrons. The molecule has 0 spiro atoms. The Bertz CT molecular complexity index is 561. The van der Waals surface area contributed by atoms with E-state index in [1.165, 1.54) is 57.8 Å². The van der Waals surface area contributed by atoms with Gasteiger partial charge in [-0.2, -0.15) is 0 Å². The molecular weight excluding hydrogens is 240 g/mol. The molecule has 2 bridgehead atoms. The van der Waals surface area contributed by atoms with Crippen molar-refractivity contribution in [1.82, 2.24) is 0 Å². The molecule has 0 unspecified atom stereocenters. The van der Waals surface area contributed by atoms with Gasteiger partial charge >= 0.3 is 0 Å². The van der Waals surface area contributed by atoms with Crippen molar-refractivity contribution in [3.05, 3.63) is 34.9 Å². The Morgan fingerprint density at radius 2 is 1.95 bits per heavy atom. The fourth-order valence-electron chi connectivity index (χ4n) is 6.72. The molecule has 3 saturated carbocycles. The average molecular weight is 266 g/mol. The molecule has 0 aromatic rings. The van der Waals surface area contributed by atoms with Crippen molar-refractivity contribution in [2.24, 2.45) is 22.7 Å². The van der Waals surface area contributed by atoms with Gasteiger partial charge in [0.15, 0.2) is 0 Å². The monoisotopic (exact) mass is 266 g/mol. The van der Waals surface area contributed by atoms with Crippen LogP contribution in [0.3, 0.4) is 0 Å². The van der Waals surface area contributed by atoms with Crippen LogP contribution in [0.4, 0.5) is 0 Å². The third kappa shape index (κ3) is 1.17. The van der Waals surface area contributed by atoms with Gasteiger partial charge in [0.2, 0.25) is 0 Å². The summed E-state index contributed by atoms with van der Waals surface area (Å²) in [5.41, 5.74) is 6.58. The van der Waals surface area contributed by atoms with Crippen LogP contribution in [-0.2, 0) is 0 Å². The van der Waals surface area contributed by atoms with Crippen molar-refractivity contribution in [1.29, 1.82) is 0 Å². The summed E-state index contributed by atoms with van der Waals surface area (Å²) in [5.74, 6) is 1.83. The predicted octanol–water partition coefficient (Wildman–Crippen LogP) is 5.57. The van der Waals surface area contributed by atoms with Crippen LogP contribution in [0.1, 0.15) is 64.7 Å². The summed E-state index contributed by atoms with van der Waals surface area (Å²) < 4.78 is 0. The normalized spacial score (nSPS) is 48.8. The number of hydrogen-bond donors (Lipinski definition) is 0. The van der Waals surface area contributed by atoms with E-state index in [0.717, 1.165) is 11.8 Å². The maximum absolute atomic E-state index is 2.62. The maximum Gasteiger partial charge on any atom is 0.00465 e. The molecule has 4 atom stereocenters. The zero-order valence-corrected chi connectivity index (χ0v) is 12.8. The zero-order valence-electron chi connectivity index (χ0n) is 12.8. The van der Waals surface area contributed by atoms with Crippen LogP contribution in [0.25, 0.3) is 0 Å². The van der Waals surface area contributed by atoms with Crippen LogP contribution < -0.4 is 0 Å². The van der Waals surface area contributed by atoms with E-state index in [4.69, 9.17) is 0 Å². The van der Waals surface area contributed by atoms with Crippen LogP contribution in [0, 0.1) is 22.7 Å². The van der Waals surface area contributed by atoms with E-state index in [1.807, 2.05) is 11.1 Å². The number of hydrogen-bond acceptors (Lipinski definition) is 0. The lowest BCUT2D eigenvalue weighted by atomic mass is 9.50. The van der Waals surface area contributed by atoms with Gasteiger partial charge in [-0.15, -0.1) is 0 Å². The summed E-state index contributed by atoms with van der Waals surface area (Å²) in [6.45, 7) is 2.59. The number of allylic oxidation sites excluding steroid dienone is 6. The van der Waals surface area contributed by atoms with Crippen molar-refractivity contribution in [2.45, 2.75) is 64.7 Å². The van der Waals surface area contributed by atoms with Crippen molar-refractivity contribution >= 4 is 0 Å². The van der Waals surface area contributed by atoms with Gasteiger partial charge < -0.3 is 0 Å². The minimum atomic E-state index is 0.537. The topological polar surface area (TPSA) is 0 Å². The molecule has 0 heterocycles. The van der Waals surface area contributed by atoms with Crippen LogP contribution >= 0.6 is 0 Å². The van der Waals surface area contributed by atoms with Crippen LogP contribution in [0.15, 0.2) is 34.9 Å². The SMILES string of the molecule is C[C@]12CC[C@H]3C(=CC=C4CCCC[C@@H]43)[C@]13CC=C2CC3. The van der Waals surface area contributed by atoms with Gasteiger partial charge in [0.05, 0.1) is 0 Å². The fraction of sp³-hybridized carbons (Fsp3) is 0.700. The minimum Gasteiger partial charge on any atom is -0.0838 e. The van der Waals surface area contributed by atoms with Gasteiger partial charge in [0.1, 0.15) is 0 Å². The summed E-state index contributed by atoms with van der Waals surface area (Å²) >= 11 is 0. The minimum absolute atomic E-state index is 0.537. The van der Waals surface area contributed by atoms with E-state index in [2.05, 4.69) is 25.2 Å². The quantitative estimate of drug-likeness (QED) is 0.503. The van der Waals surface area contributed by atoms with Gasteiger partial charge in [-0.25, -0.2) is 0 Å². The highest BCUT2D eigenvalue weighted by Crippen LogP contribution is 2.73. The molecule has 20 heavy (non-hydrogen) atoms. The van der Waals surface area contributed by atoms with Crippen LogP contribution in [0.5, 0.6) is 0 Å². The zero-order chi connectivity index (χ0) is 13.4. The first-order valence-electron chi connectivity index (χ1n) is 8.85. The highest BCUT2D eigenvalue weighted by molar-refractivity contribution is 5.46. The second-order valence-electron chi connectivity index (χ2n) is 8.21. The summed E-state index contributed by atoms with van der Waals surface area (Å²) in [6.07, 6.45) is 20.7. The Kier molecular flexibility index (Phi) is 2.19. The Balaban J connectivity index is 1.64. The van der Waals surface area contributed by atoms with E-state index in [0.29, 0.717) is 10.8 Å². The smallest absolute Gasteiger partial charge is 0.00465 e. The number of rotatable bonds is 0. The van der Waals surface area contributed by atoms with Crippen molar-refractivity contribution < 1.29 is 0 Å². The van der Waals surface area contributed by atoms with E-state index in [1.54, 1.807) is 5.57 Å². The highest BCUT2D eigenvalue weighted by Gasteiger charge is 2.62. The van der Waals surface area contributed by atoms with E-state index >= 15 is 0 Å². The molecule has 0 N–H and O–H groups in total. The fourth-order valence-corrected chi connectivity index (χ4v) is 6.72. The van der Waals surface area contributed by atoms with Gasteiger partial charge in [-0.1, -0.05) is 48.3 Å². The van der Waals surface area contributed by atoms with Crippen molar-refractivity contribution in [2.75, 3.05) is 0 Å². The first-order valence-corrected chi connectivity index (χ1v) is 8.85.